The molecule has 8 heteroatoms. The Labute approximate surface area is 165 Å². The molecule has 0 aromatic heterocycles. The molecule has 156 valence electrons. The van der Waals surface area contributed by atoms with E-state index < -0.39 is 29.0 Å². The average molecular weight is 393 g/mol. The van der Waals surface area contributed by atoms with Gasteiger partial charge in [-0.3, -0.25) is 14.5 Å². The highest BCUT2D eigenvalue weighted by Gasteiger charge is 2.55. The van der Waals surface area contributed by atoms with E-state index >= 15 is 0 Å². The van der Waals surface area contributed by atoms with Gasteiger partial charge in [-0.05, 0) is 38.5 Å². The summed E-state index contributed by atoms with van der Waals surface area (Å²) in [6, 6.07) is -0.525. The summed E-state index contributed by atoms with van der Waals surface area (Å²) in [6.07, 6.45) is 7.06. The molecular weight excluding hydrogens is 362 g/mol. The highest BCUT2D eigenvalue weighted by molar-refractivity contribution is 6.09. The molecule has 0 radical (unpaired) electrons. The molecule has 2 N–H and O–H groups in total. The number of nitrogens with zero attached hydrogens (tertiary/aromatic N) is 1. The number of amides is 4. The lowest BCUT2D eigenvalue weighted by Gasteiger charge is -2.37. The van der Waals surface area contributed by atoms with Gasteiger partial charge in [0.1, 0.15) is 17.6 Å². The predicted molar refractivity (Wildman–Crippen MR) is 101 cm³/mol. The number of hydrogen-bond donors (Lipinski definition) is 2. The molecule has 2 saturated carbocycles. The molecule has 0 aromatic carbocycles. The molecule has 4 amide bonds. The maximum atomic E-state index is 13.0. The molecule has 3 rings (SSSR count). The smallest absolute Gasteiger partial charge is 0.331 e. The van der Waals surface area contributed by atoms with Gasteiger partial charge in [0.2, 0.25) is 5.91 Å². The zero-order valence-corrected chi connectivity index (χ0v) is 16.8. The van der Waals surface area contributed by atoms with Gasteiger partial charge in [-0.15, -0.1) is 0 Å². The largest absolute Gasteiger partial charge is 0.464 e. The van der Waals surface area contributed by atoms with Crippen LogP contribution in [0.1, 0.15) is 71.6 Å². The molecule has 2 aliphatic carbocycles. The van der Waals surface area contributed by atoms with Crippen molar-refractivity contribution < 1.29 is 23.9 Å². The second kappa shape index (κ2) is 8.09. The van der Waals surface area contributed by atoms with E-state index in [0.29, 0.717) is 19.3 Å². The minimum atomic E-state index is -1.06. The fourth-order valence-electron chi connectivity index (χ4n) is 4.89. The van der Waals surface area contributed by atoms with Crippen molar-refractivity contribution in [1.29, 1.82) is 0 Å². The van der Waals surface area contributed by atoms with Gasteiger partial charge in [0, 0.05) is 0 Å². The van der Waals surface area contributed by atoms with E-state index in [1.807, 2.05) is 6.92 Å². The number of carbonyl (C=O) groups is 4. The van der Waals surface area contributed by atoms with E-state index in [-0.39, 0.29) is 25.0 Å². The zero-order valence-electron chi connectivity index (χ0n) is 16.8. The van der Waals surface area contributed by atoms with Crippen molar-refractivity contribution >= 4 is 23.8 Å². The quantitative estimate of drug-likeness (QED) is 0.548. The average Bonchev–Trinajstić information content (AvgIpc) is 2.90. The normalized spacial score (nSPS) is 29.5. The van der Waals surface area contributed by atoms with Crippen molar-refractivity contribution in [2.75, 3.05) is 13.2 Å². The molecule has 0 unspecified atom stereocenters. The highest BCUT2D eigenvalue weighted by atomic mass is 16.5. The fraction of sp³-hybridized carbons (Fsp3) is 0.800. The summed E-state index contributed by atoms with van der Waals surface area (Å²) in [5.74, 6) is -1.22. The van der Waals surface area contributed by atoms with Crippen LogP contribution in [0.25, 0.3) is 0 Å². The number of imide groups is 1. The van der Waals surface area contributed by atoms with Gasteiger partial charge < -0.3 is 15.4 Å². The maximum absolute atomic E-state index is 13.0. The minimum Gasteiger partial charge on any atom is -0.464 e. The first-order valence-corrected chi connectivity index (χ1v) is 10.5. The van der Waals surface area contributed by atoms with Crippen molar-refractivity contribution in [2.24, 2.45) is 5.92 Å². The Hall–Kier alpha value is -2.12. The molecule has 2 atom stereocenters. The van der Waals surface area contributed by atoms with E-state index in [4.69, 9.17) is 4.74 Å². The summed E-state index contributed by atoms with van der Waals surface area (Å²) in [6.45, 7) is 3.57. The van der Waals surface area contributed by atoms with Crippen LogP contribution in [0.15, 0.2) is 0 Å². The van der Waals surface area contributed by atoms with Crippen molar-refractivity contribution in [2.45, 2.75) is 82.7 Å². The first kappa shape index (κ1) is 20.6. The van der Waals surface area contributed by atoms with Gasteiger partial charge in [-0.1, -0.05) is 39.0 Å². The molecule has 3 aliphatic rings. The maximum Gasteiger partial charge on any atom is 0.331 e. The fourth-order valence-corrected chi connectivity index (χ4v) is 4.89. The van der Waals surface area contributed by atoms with E-state index in [2.05, 4.69) is 10.6 Å². The lowest BCUT2D eigenvalue weighted by molar-refractivity contribution is -0.155. The van der Waals surface area contributed by atoms with E-state index in [1.165, 1.54) is 0 Å². The summed E-state index contributed by atoms with van der Waals surface area (Å²) in [7, 11) is 0. The number of rotatable bonds is 5. The third-order valence-corrected chi connectivity index (χ3v) is 6.56. The van der Waals surface area contributed by atoms with Crippen LogP contribution in [0.4, 0.5) is 4.79 Å². The first-order chi connectivity index (χ1) is 13.3. The van der Waals surface area contributed by atoms with Gasteiger partial charge >= 0.3 is 12.0 Å². The van der Waals surface area contributed by atoms with Gasteiger partial charge in [-0.25, -0.2) is 9.59 Å². The van der Waals surface area contributed by atoms with E-state index in [1.54, 1.807) is 6.92 Å². The number of nitrogens with one attached hydrogen (secondary N) is 2. The Morgan fingerprint density at radius 3 is 2.46 bits per heavy atom. The number of hydrogen-bond acceptors (Lipinski definition) is 5. The lowest BCUT2D eigenvalue weighted by atomic mass is 9.73. The standard InChI is InChI=1S/C20H31N3O5/c1-3-28-17(26)19(10-6-4-7-11-19)21-15(24)13-23-16(25)20(22-18(23)27)12-8-5-9-14(20)2/h14H,3-13H2,1-2H3,(H,21,24)(H,22,27)/t14-,20-/m0/s1. The third kappa shape index (κ3) is 3.61. The Morgan fingerprint density at radius 1 is 1.14 bits per heavy atom. The van der Waals surface area contributed by atoms with Crippen LogP contribution >= 0.6 is 0 Å². The Kier molecular flexibility index (Phi) is 5.95. The molecule has 8 nitrogen and oxygen atoms in total. The van der Waals surface area contributed by atoms with E-state index in [0.717, 1.165) is 43.4 Å². The SMILES string of the molecule is CCOC(=O)C1(NC(=O)CN2C(=O)N[C@]3(CCCC[C@@H]3C)C2=O)CCCCC1. The molecule has 3 fully saturated rings. The molecule has 1 aliphatic heterocycles. The van der Waals surface area contributed by atoms with Crippen molar-refractivity contribution in [3.05, 3.63) is 0 Å². The number of carbonyl (C=O) groups excluding carboxylic acids is 4. The summed E-state index contributed by atoms with van der Waals surface area (Å²) in [4.78, 5) is 51.7. The topological polar surface area (TPSA) is 105 Å². The number of ether oxygens (including phenoxy) is 1. The molecule has 28 heavy (non-hydrogen) atoms. The van der Waals surface area contributed by atoms with Crippen LogP contribution in [0.3, 0.4) is 0 Å². The van der Waals surface area contributed by atoms with Crippen LogP contribution in [0.5, 0.6) is 0 Å². The molecule has 0 aromatic rings. The Bertz CT molecular complexity index is 658. The Balaban J connectivity index is 1.70. The van der Waals surface area contributed by atoms with Crippen molar-refractivity contribution in [3.63, 3.8) is 0 Å². The first-order valence-electron chi connectivity index (χ1n) is 10.5. The van der Waals surface area contributed by atoms with E-state index in [9.17, 15) is 19.2 Å². The molecular formula is C20H31N3O5. The Morgan fingerprint density at radius 2 is 1.82 bits per heavy atom. The van der Waals surface area contributed by atoms with Crippen LogP contribution < -0.4 is 10.6 Å². The van der Waals surface area contributed by atoms with Crippen LogP contribution in [-0.4, -0.2) is 52.9 Å². The highest BCUT2D eigenvalue weighted by Crippen LogP contribution is 2.38. The summed E-state index contributed by atoms with van der Waals surface area (Å²) < 4.78 is 5.19. The second-order valence-electron chi connectivity index (χ2n) is 8.35. The molecule has 1 heterocycles. The van der Waals surface area contributed by atoms with Gasteiger partial charge in [-0.2, -0.15) is 0 Å². The van der Waals surface area contributed by atoms with Crippen LogP contribution in [0.2, 0.25) is 0 Å². The summed E-state index contributed by atoms with van der Waals surface area (Å²) in [5, 5.41) is 5.65. The summed E-state index contributed by atoms with van der Waals surface area (Å²) >= 11 is 0. The molecule has 1 spiro atoms. The second-order valence-corrected chi connectivity index (χ2v) is 8.35. The molecule has 0 bridgehead atoms. The predicted octanol–water partition coefficient (Wildman–Crippen LogP) is 1.87. The zero-order chi connectivity index (χ0) is 20.4. The third-order valence-electron chi connectivity index (χ3n) is 6.56. The van der Waals surface area contributed by atoms with Gasteiger partial charge in [0.15, 0.2) is 0 Å². The van der Waals surface area contributed by atoms with Gasteiger partial charge in [0.05, 0.1) is 6.61 Å². The van der Waals surface area contributed by atoms with Crippen LogP contribution in [0, 0.1) is 5.92 Å². The van der Waals surface area contributed by atoms with Crippen molar-refractivity contribution in [3.8, 4) is 0 Å². The van der Waals surface area contributed by atoms with Crippen LogP contribution in [-0.2, 0) is 19.1 Å². The number of esters is 1. The lowest BCUT2D eigenvalue weighted by Crippen LogP contribution is -2.58. The molecule has 1 saturated heterocycles. The minimum absolute atomic E-state index is 0.0370. The monoisotopic (exact) mass is 393 g/mol. The van der Waals surface area contributed by atoms with Gasteiger partial charge in [0.25, 0.3) is 5.91 Å². The number of urea groups is 1. The van der Waals surface area contributed by atoms with Crippen molar-refractivity contribution in [1.82, 2.24) is 15.5 Å². The summed E-state index contributed by atoms with van der Waals surface area (Å²) in [5.41, 5.74) is -1.94.